The van der Waals surface area contributed by atoms with E-state index in [0.29, 0.717) is 18.0 Å². The second kappa shape index (κ2) is 8.24. The normalized spacial score (nSPS) is 12.3. The van der Waals surface area contributed by atoms with Crippen LogP contribution in [0.3, 0.4) is 0 Å². The Morgan fingerprint density at radius 3 is 2.65 bits per heavy atom. The summed E-state index contributed by atoms with van der Waals surface area (Å²) in [5.41, 5.74) is 6.17. The van der Waals surface area contributed by atoms with E-state index >= 15 is 0 Å². The van der Waals surface area contributed by atoms with Gasteiger partial charge in [0.25, 0.3) is 0 Å². The van der Waals surface area contributed by atoms with Crippen molar-refractivity contribution >= 4 is 27.5 Å². The van der Waals surface area contributed by atoms with E-state index in [4.69, 9.17) is 15.2 Å². The van der Waals surface area contributed by atoms with Crippen LogP contribution in [0.5, 0.6) is 5.75 Å². The van der Waals surface area contributed by atoms with Gasteiger partial charge in [-0.05, 0) is 26.0 Å². The SMILES string of the molecule is COC(CN)CC(=O)Nc1cc(Br)cc(OC(C)C)c1. The first-order valence-corrected chi connectivity index (χ1v) is 7.23. The predicted octanol–water partition coefficient (Wildman–Crippen LogP) is 2.54. The zero-order chi connectivity index (χ0) is 15.1. The van der Waals surface area contributed by atoms with Crippen LogP contribution in [0.2, 0.25) is 0 Å². The highest BCUT2D eigenvalue weighted by molar-refractivity contribution is 9.10. The highest BCUT2D eigenvalue weighted by Gasteiger charge is 2.12. The van der Waals surface area contributed by atoms with Crippen molar-refractivity contribution in [3.63, 3.8) is 0 Å². The van der Waals surface area contributed by atoms with Gasteiger partial charge in [-0.2, -0.15) is 0 Å². The number of nitrogens with one attached hydrogen (secondary N) is 1. The van der Waals surface area contributed by atoms with Crippen LogP contribution in [0.4, 0.5) is 5.69 Å². The highest BCUT2D eigenvalue weighted by Crippen LogP contribution is 2.25. The van der Waals surface area contributed by atoms with Crippen molar-refractivity contribution in [3.8, 4) is 5.75 Å². The fourth-order valence-corrected chi connectivity index (χ4v) is 2.13. The molecule has 0 bridgehead atoms. The monoisotopic (exact) mass is 344 g/mol. The molecule has 20 heavy (non-hydrogen) atoms. The molecule has 1 aromatic rings. The Hall–Kier alpha value is -1.11. The van der Waals surface area contributed by atoms with Gasteiger partial charge in [0.15, 0.2) is 0 Å². The minimum absolute atomic E-state index is 0.0722. The number of rotatable bonds is 7. The molecule has 0 saturated carbocycles. The first-order chi connectivity index (χ1) is 9.44. The molecule has 0 heterocycles. The Kier molecular flexibility index (Phi) is 6.98. The van der Waals surface area contributed by atoms with Crippen LogP contribution in [-0.2, 0) is 9.53 Å². The molecule has 5 nitrogen and oxygen atoms in total. The van der Waals surface area contributed by atoms with Gasteiger partial charge >= 0.3 is 0 Å². The third-order valence-electron chi connectivity index (χ3n) is 2.54. The van der Waals surface area contributed by atoms with Crippen molar-refractivity contribution in [2.24, 2.45) is 5.73 Å². The zero-order valence-electron chi connectivity index (χ0n) is 12.0. The van der Waals surface area contributed by atoms with Gasteiger partial charge in [0, 0.05) is 29.9 Å². The van der Waals surface area contributed by atoms with Crippen LogP contribution >= 0.6 is 15.9 Å². The topological polar surface area (TPSA) is 73.6 Å². The van der Waals surface area contributed by atoms with Gasteiger partial charge in [-0.1, -0.05) is 15.9 Å². The third-order valence-corrected chi connectivity index (χ3v) is 2.99. The number of anilines is 1. The van der Waals surface area contributed by atoms with Gasteiger partial charge < -0.3 is 20.5 Å². The number of methoxy groups -OCH3 is 1. The first-order valence-electron chi connectivity index (χ1n) is 6.44. The number of hydrogen-bond donors (Lipinski definition) is 2. The number of nitrogens with two attached hydrogens (primary N) is 1. The first kappa shape index (κ1) is 16.9. The summed E-state index contributed by atoms with van der Waals surface area (Å²) in [6.45, 7) is 4.21. The number of halogens is 1. The molecule has 1 rings (SSSR count). The molecule has 112 valence electrons. The maximum atomic E-state index is 11.9. The quantitative estimate of drug-likeness (QED) is 0.797. The Bertz CT molecular complexity index is 448. The molecule has 0 aliphatic rings. The van der Waals surface area contributed by atoms with Crippen LogP contribution < -0.4 is 15.8 Å². The highest BCUT2D eigenvalue weighted by atomic mass is 79.9. The minimum atomic E-state index is -0.270. The van der Waals surface area contributed by atoms with Crippen molar-refractivity contribution in [2.45, 2.75) is 32.5 Å². The van der Waals surface area contributed by atoms with E-state index < -0.39 is 0 Å². The standard InChI is InChI=1S/C14H21BrN2O3/c1-9(2)20-12-5-10(15)4-11(6-12)17-14(18)7-13(8-16)19-3/h4-6,9,13H,7-8,16H2,1-3H3,(H,17,18). The fraction of sp³-hybridized carbons (Fsp3) is 0.500. The van der Waals surface area contributed by atoms with Crippen LogP contribution in [0, 0.1) is 0 Å². The van der Waals surface area contributed by atoms with E-state index in [9.17, 15) is 4.79 Å². The maximum absolute atomic E-state index is 11.9. The second-order valence-corrected chi connectivity index (χ2v) is 5.60. The van der Waals surface area contributed by atoms with Crippen LogP contribution in [0.15, 0.2) is 22.7 Å². The summed E-state index contributed by atoms with van der Waals surface area (Å²) < 4.78 is 11.5. The fourth-order valence-electron chi connectivity index (χ4n) is 1.66. The van der Waals surface area contributed by atoms with E-state index in [1.165, 1.54) is 0 Å². The smallest absolute Gasteiger partial charge is 0.227 e. The lowest BCUT2D eigenvalue weighted by Crippen LogP contribution is -2.28. The molecule has 0 aromatic heterocycles. The summed E-state index contributed by atoms with van der Waals surface area (Å²) in [5.74, 6) is 0.558. The summed E-state index contributed by atoms with van der Waals surface area (Å²) in [5, 5.41) is 2.81. The number of hydrogen-bond acceptors (Lipinski definition) is 4. The molecule has 0 radical (unpaired) electrons. The molecule has 1 atom stereocenters. The molecule has 0 aliphatic carbocycles. The Labute approximate surface area is 127 Å². The van der Waals surface area contributed by atoms with Crippen LogP contribution in [0.1, 0.15) is 20.3 Å². The van der Waals surface area contributed by atoms with Gasteiger partial charge in [-0.25, -0.2) is 0 Å². The van der Waals surface area contributed by atoms with Gasteiger partial charge in [-0.15, -0.1) is 0 Å². The molecule has 0 aliphatic heterocycles. The number of carbonyl (C=O) groups is 1. The molecule has 6 heteroatoms. The van der Waals surface area contributed by atoms with E-state index in [1.54, 1.807) is 13.2 Å². The maximum Gasteiger partial charge on any atom is 0.227 e. The Balaban J connectivity index is 2.71. The molecular formula is C14H21BrN2O3. The van der Waals surface area contributed by atoms with E-state index in [-0.39, 0.29) is 24.5 Å². The number of ether oxygens (including phenoxy) is 2. The minimum Gasteiger partial charge on any atom is -0.491 e. The van der Waals surface area contributed by atoms with Gasteiger partial charge in [-0.3, -0.25) is 4.79 Å². The zero-order valence-corrected chi connectivity index (χ0v) is 13.6. The van der Waals surface area contributed by atoms with Gasteiger partial charge in [0.2, 0.25) is 5.91 Å². The van der Waals surface area contributed by atoms with Crippen molar-refractivity contribution in [3.05, 3.63) is 22.7 Å². The summed E-state index contributed by atoms with van der Waals surface area (Å²) in [6.07, 6.45) is 0.0244. The molecule has 0 fully saturated rings. The second-order valence-electron chi connectivity index (χ2n) is 4.69. The molecule has 1 amide bonds. The number of benzene rings is 1. The Morgan fingerprint density at radius 1 is 1.40 bits per heavy atom. The lowest BCUT2D eigenvalue weighted by molar-refractivity contribution is -0.118. The third kappa shape index (κ3) is 5.90. The average molecular weight is 345 g/mol. The molecule has 3 N–H and O–H groups in total. The van der Waals surface area contributed by atoms with E-state index in [1.807, 2.05) is 26.0 Å². The lowest BCUT2D eigenvalue weighted by Gasteiger charge is -2.14. The van der Waals surface area contributed by atoms with Crippen molar-refractivity contribution < 1.29 is 14.3 Å². The van der Waals surface area contributed by atoms with Gasteiger partial charge in [0.1, 0.15) is 5.75 Å². The number of amides is 1. The molecule has 1 unspecified atom stereocenters. The molecule has 0 saturated heterocycles. The molecule has 0 spiro atoms. The Morgan fingerprint density at radius 2 is 2.10 bits per heavy atom. The van der Waals surface area contributed by atoms with E-state index in [2.05, 4.69) is 21.2 Å². The summed E-state index contributed by atoms with van der Waals surface area (Å²) in [6, 6.07) is 5.45. The van der Waals surface area contributed by atoms with Gasteiger partial charge in [0.05, 0.1) is 18.6 Å². The molecular weight excluding hydrogens is 324 g/mol. The molecule has 1 aromatic carbocycles. The number of carbonyl (C=O) groups excluding carboxylic acids is 1. The predicted molar refractivity (Wildman–Crippen MR) is 83.0 cm³/mol. The van der Waals surface area contributed by atoms with Crippen molar-refractivity contribution in [1.82, 2.24) is 0 Å². The van der Waals surface area contributed by atoms with Crippen LogP contribution in [-0.4, -0.2) is 31.8 Å². The van der Waals surface area contributed by atoms with Crippen molar-refractivity contribution in [2.75, 3.05) is 19.0 Å². The summed E-state index contributed by atoms with van der Waals surface area (Å²) in [7, 11) is 1.54. The lowest BCUT2D eigenvalue weighted by atomic mass is 10.2. The summed E-state index contributed by atoms with van der Waals surface area (Å²) in [4.78, 5) is 11.9. The average Bonchev–Trinajstić information content (AvgIpc) is 2.34. The summed E-state index contributed by atoms with van der Waals surface area (Å²) >= 11 is 3.40. The van der Waals surface area contributed by atoms with E-state index in [0.717, 1.165) is 4.47 Å². The largest absolute Gasteiger partial charge is 0.491 e. The van der Waals surface area contributed by atoms with Crippen molar-refractivity contribution in [1.29, 1.82) is 0 Å². The van der Waals surface area contributed by atoms with Crippen LogP contribution in [0.25, 0.3) is 0 Å².